The van der Waals surface area contributed by atoms with Gasteiger partial charge in [0.15, 0.2) is 0 Å². The van der Waals surface area contributed by atoms with Gasteiger partial charge in [-0.25, -0.2) is 13.8 Å². The Labute approximate surface area is 200 Å². The molecule has 1 unspecified atom stereocenters. The molecule has 8 heteroatoms. The monoisotopic (exact) mass is 478 g/mol. The van der Waals surface area contributed by atoms with Crippen molar-refractivity contribution >= 4 is 23.3 Å². The van der Waals surface area contributed by atoms with Crippen LogP contribution in [0.25, 0.3) is 11.3 Å². The predicted octanol–water partition coefficient (Wildman–Crippen LogP) is 5.35. The fourth-order valence-electron chi connectivity index (χ4n) is 3.79. The molecule has 4 aromatic rings. The fraction of sp³-hybridized carbons (Fsp3) is 0.115. The lowest BCUT2D eigenvalue weighted by molar-refractivity contribution is -0.118. The third kappa shape index (κ3) is 5.21. The average molecular weight is 479 g/mol. The number of nitrogens with zero attached hydrogens (tertiary/aromatic N) is 2. The highest BCUT2D eigenvalue weighted by molar-refractivity contribution is 6.33. The summed E-state index contributed by atoms with van der Waals surface area (Å²) in [5.74, 6) is -1.90. The van der Waals surface area contributed by atoms with Crippen molar-refractivity contribution in [1.29, 1.82) is 0 Å². The van der Waals surface area contributed by atoms with Gasteiger partial charge in [-0.15, -0.1) is 0 Å². The minimum Gasteiger partial charge on any atom is -0.369 e. The lowest BCUT2D eigenvalue weighted by Crippen LogP contribution is -2.24. The zero-order valence-electron chi connectivity index (χ0n) is 18.0. The number of pyridine rings is 2. The highest BCUT2D eigenvalue weighted by Crippen LogP contribution is 2.34. The third-order valence-electron chi connectivity index (χ3n) is 5.35. The van der Waals surface area contributed by atoms with Crippen LogP contribution in [0.3, 0.4) is 0 Å². The van der Waals surface area contributed by atoms with E-state index in [0.717, 1.165) is 5.56 Å². The zero-order chi connectivity index (χ0) is 24.1. The first-order valence-electron chi connectivity index (χ1n) is 10.6. The van der Waals surface area contributed by atoms with Gasteiger partial charge in [-0.1, -0.05) is 41.9 Å². The number of hydrogen-bond donors (Lipinski definition) is 2. The summed E-state index contributed by atoms with van der Waals surface area (Å²) in [4.78, 5) is 21.2. The number of carbonyl (C=O) groups excluding carboxylic acids is 1. The van der Waals surface area contributed by atoms with Crippen molar-refractivity contribution in [2.24, 2.45) is 5.73 Å². The van der Waals surface area contributed by atoms with Gasteiger partial charge in [-0.2, -0.15) is 0 Å². The van der Waals surface area contributed by atoms with Gasteiger partial charge in [0.25, 0.3) is 0 Å². The SMILES string of the molecule is NC(=O)C(c1cccnc1)c1ccc(-c2c(F)cccc2Cl)nc1NCCc1cccc(F)c1. The number of halogens is 3. The van der Waals surface area contributed by atoms with E-state index in [1.807, 2.05) is 6.07 Å². The highest BCUT2D eigenvalue weighted by atomic mass is 35.5. The van der Waals surface area contributed by atoms with Crippen LogP contribution < -0.4 is 11.1 Å². The molecule has 0 saturated heterocycles. The lowest BCUT2D eigenvalue weighted by atomic mass is 9.91. The summed E-state index contributed by atoms with van der Waals surface area (Å²) in [6.45, 7) is 0.385. The minimum atomic E-state index is -0.831. The summed E-state index contributed by atoms with van der Waals surface area (Å²) in [6.07, 6.45) is 3.66. The number of hydrogen-bond acceptors (Lipinski definition) is 4. The maximum Gasteiger partial charge on any atom is 0.229 e. The summed E-state index contributed by atoms with van der Waals surface area (Å²) in [6, 6.07) is 17.4. The van der Waals surface area contributed by atoms with Crippen molar-refractivity contribution < 1.29 is 13.6 Å². The molecule has 0 aliphatic heterocycles. The van der Waals surface area contributed by atoms with E-state index in [-0.39, 0.29) is 16.4 Å². The average Bonchev–Trinajstić information content (AvgIpc) is 2.81. The Balaban J connectivity index is 1.74. The van der Waals surface area contributed by atoms with Gasteiger partial charge in [0.2, 0.25) is 5.91 Å². The second-order valence-corrected chi connectivity index (χ2v) is 8.07. The molecule has 0 spiro atoms. The molecule has 1 atom stereocenters. The molecule has 4 rings (SSSR count). The highest BCUT2D eigenvalue weighted by Gasteiger charge is 2.25. The zero-order valence-corrected chi connectivity index (χ0v) is 18.8. The number of primary amides is 1. The molecule has 2 aromatic heterocycles. The number of amides is 1. The molecule has 2 aromatic carbocycles. The second kappa shape index (κ2) is 10.4. The maximum atomic E-state index is 14.6. The molecule has 172 valence electrons. The molecule has 34 heavy (non-hydrogen) atoms. The van der Waals surface area contributed by atoms with Crippen LogP contribution in [0.1, 0.15) is 22.6 Å². The molecule has 3 N–H and O–H groups in total. The quantitative estimate of drug-likeness (QED) is 0.358. The third-order valence-corrected chi connectivity index (χ3v) is 5.67. The van der Waals surface area contributed by atoms with Crippen molar-refractivity contribution in [1.82, 2.24) is 9.97 Å². The largest absolute Gasteiger partial charge is 0.369 e. The van der Waals surface area contributed by atoms with E-state index in [4.69, 9.17) is 17.3 Å². The maximum absolute atomic E-state index is 14.6. The first kappa shape index (κ1) is 23.3. The topological polar surface area (TPSA) is 80.9 Å². The van der Waals surface area contributed by atoms with Gasteiger partial charge in [-0.3, -0.25) is 9.78 Å². The van der Waals surface area contributed by atoms with Crippen molar-refractivity contribution in [2.75, 3.05) is 11.9 Å². The summed E-state index contributed by atoms with van der Waals surface area (Å²) < 4.78 is 28.1. The van der Waals surface area contributed by atoms with E-state index in [9.17, 15) is 13.6 Å². The Bertz CT molecular complexity index is 1300. The first-order valence-corrected chi connectivity index (χ1v) is 10.9. The van der Waals surface area contributed by atoms with E-state index in [2.05, 4.69) is 15.3 Å². The van der Waals surface area contributed by atoms with Gasteiger partial charge < -0.3 is 11.1 Å². The number of anilines is 1. The van der Waals surface area contributed by atoms with Crippen LogP contribution in [0.5, 0.6) is 0 Å². The van der Waals surface area contributed by atoms with Crippen LogP contribution in [-0.2, 0) is 11.2 Å². The molecule has 0 bridgehead atoms. The van der Waals surface area contributed by atoms with Crippen molar-refractivity contribution in [2.45, 2.75) is 12.3 Å². The molecule has 0 radical (unpaired) electrons. The number of rotatable bonds is 8. The van der Waals surface area contributed by atoms with E-state index in [0.29, 0.717) is 35.6 Å². The van der Waals surface area contributed by atoms with Crippen molar-refractivity contribution in [3.8, 4) is 11.3 Å². The standard InChI is InChI=1S/C26H21ClF2N4O/c27-20-7-2-8-21(29)24(20)22-10-9-19(23(25(30)34)17-5-3-12-31-15-17)26(33-22)32-13-11-16-4-1-6-18(28)14-16/h1-10,12,14-15,23H,11,13H2,(H2,30,34)(H,32,33). The van der Waals surface area contributed by atoms with Crippen LogP contribution in [-0.4, -0.2) is 22.4 Å². The lowest BCUT2D eigenvalue weighted by Gasteiger charge is -2.19. The summed E-state index contributed by atoms with van der Waals surface area (Å²) in [7, 11) is 0. The molecule has 2 heterocycles. The molecule has 0 aliphatic carbocycles. The Hall–Kier alpha value is -3.84. The van der Waals surface area contributed by atoms with E-state index >= 15 is 0 Å². The van der Waals surface area contributed by atoms with Gasteiger partial charge >= 0.3 is 0 Å². The van der Waals surface area contributed by atoms with Crippen LogP contribution in [0.15, 0.2) is 79.1 Å². The van der Waals surface area contributed by atoms with Crippen LogP contribution >= 0.6 is 11.6 Å². The molecule has 0 saturated carbocycles. The minimum absolute atomic E-state index is 0.154. The smallest absolute Gasteiger partial charge is 0.229 e. The van der Waals surface area contributed by atoms with E-state index in [1.54, 1.807) is 48.8 Å². The fourth-order valence-corrected chi connectivity index (χ4v) is 4.05. The van der Waals surface area contributed by atoms with E-state index < -0.39 is 17.6 Å². The number of aromatic nitrogens is 2. The van der Waals surface area contributed by atoms with Crippen LogP contribution in [0, 0.1) is 11.6 Å². The molecule has 0 fully saturated rings. The summed E-state index contributed by atoms with van der Waals surface area (Å²) in [5.41, 5.74) is 8.11. The second-order valence-electron chi connectivity index (χ2n) is 7.66. The number of carbonyl (C=O) groups is 1. The Morgan fingerprint density at radius 1 is 1.06 bits per heavy atom. The molecule has 1 amide bonds. The molecule has 0 aliphatic rings. The number of nitrogens with one attached hydrogen (secondary N) is 1. The number of nitrogens with two attached hydrogens (primary N) is 1. The van der Waals surface area contributed by atoms with Crippen LogP contribution in [0.4, 0.5) is 14.6 Å². The molecule has 5 nitrogen and oxygen atoms in total. The first-order chi connectivity index (χ1) is 16.4. The van der Waals surface area contributed by atoms with Gasteiger partial charge in [0.1, 0.15) is 17.5 Å². The Kier molecular flexibility index (Phi) is 7.13. The van der Waals surface area contributed by atoms with Crippen molar-refractivity contribution in [3.63, 3.8) is 0 Å². The number of benzene rings is 2. The molecular weight excluding hydrogens is 458 g/mol. The molecular formula is C26H21ClF2N4O. The van der Waals surface area contributed by atoms with Crippen LogP contribution in [0.2, 0.25) is 5.02 Å². The summed E-state index contributed by atoms with van der Waals surface area (Å²) in [5, 5.41) is 3.42. The normalized spacial score (nSPS) is 11.7. The summed E-state index contributed by atoms with van der Waals surface area (Å²) >= 11 is 6.25. The van der Waals surface area contributed by atoms with Gasteiger partial charge in [-0.05, 0) is 53.9 Å². The Morgan fingerprint density at radius 2 is 1.88 bits per heavy atom. The van der Waals surface area contributed by atoms with E-state index in [1.165, 1.54) is 24.3 Å². The predicted molar refractivity (Wildman–Crippen MR) is 129 cm³/mol. The Morgan fingerprint density at radius 3 is 2.59 bits per heavy atom. The van der Waals surface area contributed by atoms with Gasteiger partial charge in [0.05, 0.1) is 22.2 Å². The van der Waals surface area contributed by atoms with Gasteiger partial charge in [0, 0.05) is 24.5 Å². The van der Waals surface area contributed by atoms with Crippen molar-refractivity contribution in [3.05, 3.63) is 112 Å².